The van der Waals surface area contributed by atoms with Crippen molar-refractivity contribution >= 4 is 11.8 Å². The van der Waals surface area contributed by atoms with E-state index in [0.717, 1.165) is 41.6 Å². The molecule has 3 rings (SSSR count). The monoisotopic (exact) mass is 370 g/mol. The van der Waals surface area contributed by atoms with Gasteiger partial charge in [0.15, 0.2) is 0 Å². The molecule has 0 spiro atoms. The molecular weight excluding hydrogens is 340 g/mol. The molecule has 2 N–H and O–H groups in total. The van der Waals surface area contributed by atoms with E-state index in [1.807, 2.05) is 43.8 Å². The molecule has 2 aromatic rings. The highest BCUT2D eigenvalue weighted by molar-refractivity contribution is 5.68. The maximum absolute atomic E-state index is 12.2. The summed E-state index contributed by atoms with van der Waals surface area (Å²) in [4.78, 5) is 14.0. The second-order valence-corrected chi connectivity index (χ2v) is 8.17. The Morgan fingerprint density at radius 1 is 1.26 bits per heavy atom. The SMILES string of the molecule is CCc1cc(-c2cnn(C3CCN(C(=O)OC(C)(C)C)CC3)c2)ccc1N. The van der Waals surface area contributed by atoms with Crippen LogP contribution in [-0.2, 0) is 11.2 Å². The van der Waals surface area contributed by atoms with Crippen LogP contribution in [0.25, 0.3) is 11.1 Å². The Morgan fingerprint density at radius 2 is 1.96 bits per heavy atom. The Bertz CT molecular complexity index is 799. The number of nitrogens with two attached hydrogens (primary N) is 1. The van der Waals surface area contributed by atoms with Crippen LogP contribution in [0.2, 0.25) is 0 Å². The molecule has 0 aliphatic carbocycles. The lowest BCUT2D eigenvalue weighted by Crippen LogP contribution is -2.42. The van der Waals surface area contributed by atoms with Gasteiger partial charge in [-0.1, -0.05) is 13.0 Å². The zero-order valence-electron chi connectivity index (χ0n) is 16.7. The number of benzene rings is 1. The van der Waals surface area contributed by atoms with Crippen LogP contribution in [0.15, 0.2) is 30.6 Å². The fourth-order valence-electron chi connectivity index (χ4n) is 3.42. The van der Waals surface area contributed by atoms with Gasteiger partial charge >= 0.3 is 6.09 Å². The molecule has 1 saturated heterocycles. The number of ether oxygens (including phenoxy) is 1. The van der Waals surface area contributed by atoms with Gasteiger partial charge in [0, 0.05) is 30.5 Å². The molecule has 6 nitrogen and oxygen atoms in total. The first-order chi connectivity index (χ1) is 12.8. The number of anilines is 1. The number of carbonyl (C=O) groups excluding carboxylic acids is 1. The van der Waals surface area contributed by atoms with Gasteiger partial charge < -0.3 is 15.4 Å². The van der Waals surface area contributed by atoms with Crippen molar-refractivity contribution in [3.05, 3.63) is 36.2 Å². The maximum Gasteiger partial charge on any atom is 0.410 e. The van der Waals surface area contributed by atoms with Crippen molar-refractivity contribution in [1.82, 2.24) is 14.7 Å². The van der Waals surface area contributed by atoms with Crippen LogP contribution in [0.4, 0.5) is 10.5 Å². The van der Waals surface area contributed by atoms with Crippen LogP contribution in [0.5, 0.6) is 0 Å². The van der Waals surface area contributed by atoms with Gasteiger partial charge in [-0.2, -0.15) is 5.10 Å². The van der Waals surface area contributed by atoms with Crippen molar-refractivity contribution in [2.24, 2.45) is 0 Å². The topological polar surface area (TPSA) is 73.4 Å². The number of carbonyl (C=O) groups is 1. The van der Waals surface area contributed by atoms with Gasteiger partial charge in [0.1, 0.15) is 5.60 Å². The molecule has 0 saturated carbocycles. The number of likely N-dealkylation sites (tertiary alicyclic amines) is 1. The maximum atomic E-state index is 12.2. The fraction of sp³-hybridized carbons (Fsp3) is 0.524. The summed E-state index contributed by atoms with van der Waals surface area (Å²) in [5.41, 5.74) is 9.78. The summed E-state index contributed by atoms with van der Waals surface area (Å²) in [7, 11) is 0. The molecule has 0 bridgehead atoms. The van der Waals surface area contributed by atoms with Gasteiger partial charge in [-0.15, -0.1) is 0 Å². The van der Waals surface area contributed by atoms with Crippen LogP contribution < -0.4 is 5.73 Å². The molecule has 0 atom stereocenters. The molecule has 1 amide bonds. The van der Waals surface area contributed by atoms with Crippen LogP contribution in [0.1, 0.15) is 52.1 Å². The van der Waals surface area contributed by atoms with Gasteiger partial charge in [0.05, 0.1) is 12.2 Å². The number of amides is 1. The summed E-state index contributed by atoms with van der Waals surface area (Å²) in [6, 6.07) is 6.45. The molecule has 1 aromatic heterocycles. The van der Waals surface area contributed by atoms with Gasteiger partial charge in [-0.25, -0.2) is 4.79 Å². The number of aryl methyl sites for hydroxylation is 1. The first kappa shape index (κ1) is 19.3. The summed E-state index contributed by atoms with van der Waals surface area (Å²) in [5, 5.41) is 4.57. The van der Waals surface area contributed by atoms with Crippen LogP contribution in [-0.4, -0.2) is 39.5 Å². The lowest BCUT2D eigenvalue weighted by atomic mass is 10.0. The van der Waals surface area contributed by atoms with E-state index in [9.17, 15) is 4.79 Å². The van der Waals surface area contributed by atoms with E-state index in [0.29, 0.717) is 19.1 Å². The molecular formula is C21H30N4O2. The van der Waals surface area contributed by atoms with E-state index in [-0.39, 0.29) is 6.09 Å². The molecule has 0 radical (unpaired) electrons. The lowest BCUT2D eigenvalue weighted by Gasteiger charge is -2.33. The van der Waals surface area contributed by atoms with E-state index in [1.54, 1.807) is 4.90 Å². The first-order valence-electron chi connectivity index (χ1n) is 9.67. The minimum atomic E-state index is -0.457. The predicted octanol–water partition coefficient (Wildman–Crippen LogP) is 4.27. The molecule has 6 heteroatoms. The Labute approximate surface area is 161 Å². The molecule has 2 heterocycles. The Morgan fingerprint density at radius 3 is 2.59 bits per heavy atom. The summed E-state index contributed by atoms with van der Waals surface area (Å²) in [6.45, 7) is 9.17. The van der Waals surface area contributed by atoms with Crippen molar-refractivity contribution < 1.29 is 9.53 Å². The van der Waals surface area contributed by atoms with Crippen molar-refractivity contribution in [2.75, 3.05) is 18.8 Å². The van der Waals surface area contributed by atoms with E-state index in [1.165, 1.54) is 0 Å². The summed E-state index contributed by atoms with van der Waals surface area (Å²) in [5.74, 6) is 0. The number of aromatic nitrogens is 2. The molecule has 1 aliphatic rings. The fourth-order valence-corrected chi connectivity index (χ4v) is 3.42. The Balaban J connectivity index is 1.64. The van der Waals surface area contributed by atoms with E-state index in [2.05, 4.69) is 24.3 Å². The average Bonchev–Trinajstić information content (AvgIpc) is 3.11. The van der Waals surface area contributed by atoms with Gasteiger partial charge in [0.25, 0.3) is 0 Å². The predicted molar refractivity (Wildman–Crippen MR) is 108 cm³/mol. The van der Waals surface area contributed by atoms with Gasteiger partial charge in [-0.3, -0.25) is 4.68 Å². The standard InChI is InChI=1S/C21H30N4O2/c1-5-15-12-16(6-7-19(15)22)17-13-23-25(14-17)18-8-10-24(11-9-18)20(26)27-21(2,3)4/h6-7,12-14,18H,5,8-11,22H2,1-4H3. The summed E-state index contributed by atoms with van der Waals surface area (Å²) < 4.78 is 7.50. The van der Waals surface area contributed by atoms with Crippen LogP contribution in [0.3, 0.4) is 0 Å². The zero-order valence-corrected chi connectivity index (χ0v) is 16.7. The van der Waals surface area contributed by atoms with Crippen molar-refractivity contribution in [2.45, 2.75) is 58.6 Å². The number of hydrogen-bond donors (Lipinski definition) is 1. The summed E-state index contributed by atoms with van der Waals surface area (Å²) >= 11 is 0. The zero-order chi connectivity index (χ0) is 19.6. The molecule has 0 unspecified atom stereocenters. The lowest BCUT2D eigenvalue weighted by molar-refractivity contribution is 0.0185. The minimum Gasteiger partial charge on any atom is -0.444 e. The normalized spacial score (nSPS) is 15.8. The summed E-state index contributed by atoms with van der Waals surface area (Å²) in [6.07, 6.45) is 6.45. The number of piperidine rings is 1. The van der Waals surface area contributed by atoms with Gasteiger partial charge in [0.2, 0.25) is 0 Å². The quantitative estimate of drug-likeness (QED) is 0.819. The second-order valence-electron chi connectivity index (χ2n) is 8.17. The van der Waals surface area contributed by atoms with Crippen LogP contribution >= 0.6 is 0 Å². The largest absolute Gasteiger partial charge is 0.444 e. The van der Waals surface area contributed by atoms with Gasteiger partial charge in [-0.05, 0) is 63.3 Å². The first-order valence-corrected chi connectivity index (χ1v) is 9.67. The van der Waals surface area contributed by atoms with E-state index >= 15 is 0 Å². The van der Waals surface area contributed by atoms with Crippen molar-refractivity contribution in [1.29, 1.82) is 0 Å². The minimum absolute atomic E-state index is 0.226. The van der Waals surface area contributed by atoms with Crippen LogP contribution in [0, 0.1) is 0 Å². The van der Waals surface area contributed by atoms with Crippen molar-refractivity contribution in [3.8, 4) is 11.1 Å². The highest BCUT2D eigenvalue weighted by atomic mass is 16.6. The highest BCUT2D eigenvalue weighted by Crippen LogP contribution is 2.28. The number of rotatable bonds is 3. The molecule has 1 aliphatic heterocycles. The van der Waals surface area contributed by atoms with E-state index in [4.69, 9.17) is 10.5 Å². The molecule has 146 valence electrons. The average molecular weight is 370 g/mol. The third-order valence-corrected chi connectivity index (χ3v) is 4.95. The van der Waals surface area contributed by atoms with E-state index < -0.39 is 5.60 Å². The smallest absolute Gasteiger partial charge is 0.410 e. The highest BCUT2D eigenvalue weighted by Gasteiger charge is 2.27. The third-order valence-electron chi connectivity index (χ3n) is 4.95. The number of nitrogens with zero attached hydrogens (tertiary/aromatic N) is 3. The van der Waals surface area contributed by atoms with Crippen molar-refractivity contribution in [3.63, 3.8) is 0 Å². The molecule has 1 aromatic carbocycles. The molecule has 27 heavy (non-hydrogen) atoms. The molecule has 1 fully saturated rings. The number of hydrogen-bond acceptors (Lipinski definition) is 4. The third kappa shape index (κ3) is 4.62. The Hall–Kier alpha value is -2.50. The number of nitrogen functional groups attached to an aromatic ring is 1. The Kier molecular flexibility index (Phi) is 5.44. The second kappa shape index (κ2) is 7.62.